The maximum Gasteiger partial charge on any atom is 0.433 e. The topological polar surface area (TPSA) is 112 Å². The Hall–Kier alpha value is -3.42. The summed E-state index contributed by atoms with van der Waals surface area (Å²) < 4.78 is 9.51. The first kappa shape index (κ1) is 16.0. The van der Waals surface area contributed by atoms with Gasteiger partial charge in [-0.25, -0.2) is 4.79 Å². The lowest BCUT2D eigenvalue weighted by molar-refractivity contribution is -0.402. The largest absolute Gasteiger partial charge is 0.465 e. The molecule has 1 amide bonds. The molecule has 0 aliphatic heterocycles. The highest BCUT2D eigenvalue weighted by Crippen LogP contribution is 2.18. The van der Waals surface area contributed by atoms with Crippen molar-refractivity contribution in [3.8, 4) is 0 Å². The predicted octanol–water partition coefficient (Wildman–Crippen LogP) is 2.63. The second-order valence-electron chi connectivity index (χ2n) is 4.29. The molecule has 0 saturated carbocycles. The summed E-state index contributed by atoms with van der Waals surface area (Å²) in [6.07, 6.45) is 2.42. The molecule has 23 heavy (non-hydrogen) atoms. The average Bonchev–Trinajstić information content (AvgIpc) is 3.02. The maximum absolute atomic E-state index is 11.9. The number of para-hydroxylation sites is 1. The van der Waals surface area contributed by atoms with Crippen molar-refractivity contribution in [1.82, 2.24) is 0 Å². The normalized spacial score (nSPS) is 10.5. The molecule has 118 valence electrons. The number of nitrogens with one attached hydrogen (secondary N) is 1. The molecule has 0 radical (unpaired) electrons. The number of anilines is 1. The highest BCUT2D eigenvalue weighted by Gasteiger charge is 2.13. The van der Waals surface area contributed by atoms with E-state index >= 15 is 0 Å². The van der Waals surface area contributed by atoms with Crippen molar-refractivity contribution in [2.75, 3.05) is 12.4 Å². The number of carbonyl (C=O) groups is 2. The number of hydrogen-bond donors (Lipinski definition) is 1. The fraction of sp³-hybridized carbons (Fsp3) is 0.0667. The van der Waals surface area contributed by atoms with Crippen LogP contribution in [0.5, 0.6) is 0 Å². The van der Waals surface area contributed by atoms with Gasteiger partial charge in [0.2, 0.25) is 5.91 Å². The number of methoxy groups -OCH3 is 1. The van der Waals surface area contributed by atoms with E-state index in [2.05, 4.69) is 10.1 Å². The van der Waals surface area contributed by atoms with Crippen LogP contribution in [0.3, 0.4) is 0 Å². The summed E-state index contributed by atoms with van der Waals surface area (Å²) in [6, 6.07) is 8.91. The molecule has 0 unspecified atom stereocenters. The fourth-order valence-corrected chi connectivity index (χ4v) is 1.74. The molecule has 0 spiro atoms. The van der Waals surface area contributed by atoms with Gasteiger partial charge in [-0.3, -0.25) is 14.9 Å². The zero-order valence-electron chi connectivity index (χ0n) is 12.0. The van der Waals surface area contributed by atoms with Crippen molar-refractivity contribution in [1.29, 1.82) is 0 Å². The standard InChI is InChI=1S/C15H12N2O6/c1-22-15(19)11-4-2-3-5-12(11)16-13(18)8-6-10-7-9-14(23-10)17(20)21/h2-9H,1H3,(H,16,18). The highest BCUT2D eigenvalue weighted by molar-refractivity contribution is 6.06. The maximum atomic E-state index is 11.9. The minimum Gasteiger partial charge on any atom is -0.465 e. The Morgan fingerprint density at radius 1 is 1.26 bits per heavy atom. The van der Waals surface area contributed by atoms with E-state index in [1.807, 2.05) is 0 Å². The molecule has 1 heterocycles. The van der Waals surface area contributed by atoms with Crippen LogP contribution in [0, 0.1) is 10.1 Å². The first-order valence-corrected chi connectivity index (χ1v) is 6.42. The van der Waals surface area contributed by atoms with Crippen molar-refractivity contribution >= 4 is 29.5 Å². The second kappa shape index (κ2) is 7.03. The summed E-state index contributed by atoms with van der Waals surface area (Å²) in [4.78, 5) is 33.3. The summed E-state index contributed by atoms with van der Waals surface area (Å²) in [5, 5.41) is 13.0. The molecule has 0 atom stereocenters. The van der Waals surface area contributed by atoms with E-state index in [9.17, 15) is 19.7 Å². The number of amides is 1. The lowest BCUT2D eigenvalue weighted by Crippen LogP contribution is -2.12. The number of nitrogens with zero attached hydrogens (tertiary/aromatic N) is 1. The number of rotatable bonds is 5. The molecule has 0 bridgehead atoms. The Balaban J connectivity index is 2.09. The molecule has 0 fully saturated rings. The quantitative estimate of drug-likeness (QED) is 0.393. The number of esters is 1. The summed E-state index contributed by atoms with van der Waals surface area (Å²) in [7, 11) is 1.24. The monoisotopic (exact) mass is 316 g/mol. The first-order valence-electron chi connectivity index (χ1n) is 6.42. The zero-order valence-corrected chi connectivity index (χ0v) is 12.0. The van der Waals surface area contributed by atoms with Crippen LogP contribution in [-0.2, 0) is 9.53 Å². The van der Waals surface area contributed by atoms with Crippen LogP contribution in [0.25, 0.3) is 6.08 Å². The molecular formula is C15H12N2O6. The smallest absolute Gasteiger partial charge is 0.433 e. The lowest BCUT2D eigenvalue weighted by Gasteiger charge is -2.07. The number of carbonyl (C=O) groups excluding carboxylic acids is 2. The Morgan fingerprint density at radius 3 is 2.65 bits per heavy atom. The molecule has 0 saturated heterocycles. The molecule has 1 aromatic heterocycles. The Morgan fingerprint density at radius 2 is 2.00 bits per heavy atom. The second-order valence-corrected chi connectivity index (χ2v) is 4.29. The van der Waals surface area contributed by atoms with Gasteiger partial charge in [0.05, 0.1) is 24.4 Å². The van der Waals surface area contributed by atoms with Gasteiger partial charge in [0.15, 0.2) is 0 Å². The van der Waals surface area contributed by atoms with Crippen LogP contribution in [0.4, 0.5) is 11.6 Å². The third-order valence-corrected chi connectivity index (χ3v) is 2.78. The molecule has 0 aliphatic carbocycles. The number of furan rings is 1. The average molecular weight is 316 g/mol. The van der Waals surface area contributed by atoms with Crippen LogP contribution in [0.1, 0.15) is 16.1 Å². The van der Waals surface area contributed by atoms with Crippen LogP contribution in [0.15, 0.2) is 46.9 Å². The predicted molar refractivity (Wildman–Crippen MR) is 80.8 cm³/mol. The van der Waals surface area contributed by atoms with Crippen molar-refractivity contribution in [3.05, 3.63) is 63.9 Å². The Kier molecular flexibility index (Phi) is 4.88. The number of hydrogen-bond acceptors (Lipinski definition) is 6. The summed E-state index contributed by atoms with van der Waals surface area (Å²) >= 11 is 0. The van der Waals surface area contributed by atoms with E-state index in [0.29, 0.717) is 5.69 Å². The van der Waals surface area contributed by atoms with Gasteiger partial charge < -0.3 is 14.5 Å². The van der Waals surface area contributed by atoms with Crippen LogP contribution in [0.2, 0.25) is 0 Å². The zero-order chi connectivity index (χ0) is 16.8. The van der Waals surface area contributed by atoms with E-state index in [0.717, 1.165) is 6.08 Å². The van der Waals surface area contributed by atoms with Gasteiger partial charge in [-0.05, 0) is 24.3 Å². The van der Waals surface area contributed by atoms with E-state index in [1.165, 1.54) is 31.4 Å². The molecule has 8 nitrogen and oxygen atoms in total. The van der Waals surface area contributed by atoms with Gasteiger partial charge in [0.25, 0.3) is 0 Å². The summed E-state index contributed by atoms with van der Waals surface area (Å²) in [6.45, 7) is 0. The van der Waals surface area contributed by atoms with Crippen molar-refractivity contribution in [2.45, 2.75) is 0 Å². The molecule has 1 aromatic carbocycles. The van der Waals surface area contributed by atoms with Gasteiger partial charge in [0, 0.05) is 6.08 Å². The fourth-order valence-electron chi connectivity index (χ4n) is 1.74. The van der Waals surface area contributed by atoms with Crippen LogP contribution >= 0.6 is 0 Å². The van der Waals surface area contributed by atoms with E-state index in [-0.39, 0.29) is 11.3 Å². The van der Waals surface area contributed by atoms with Gasteiger partial charge in [-0.1, -0.05) is 12.1 Å². The highest BCUT2D eigenvalue weighted by atomic mass is 16.6. The summed E-state index contributed by atoms with van der Waals surface area (Å²) in [5.74, 6) is -1.36. The van der Waals surface area contributed by atoms with Crippen molar-refractivity contribution < 1.29 is 23.7 Å². The molecule has 1 N–H and O–H groups in total. The van der Waals surface area contributed by atoms with Gasteiger partial charge in [-0.2, -0.15) is 0 Å². The van der Waals surface area contributed by atoms with Crippen LogP contribution < -0.4 is 5.32 Å². The van der Waals surface area contributed by atoms with E-state index in [1.54, 1.807) is 18.2 Å². The minimum atomic E-state index is -0.677. The van der Waals surface area contributed by atoms with E-state index < -0.39 is 22.7 Å². The van der Waals surface area contributed by atoms with Gasteiger partial charge in [0.1, 0.15) is 10.7 Å². The SMILES string of the molecule is COC(=O)c1ccccc1NC(=O)C=Cc1ccc([N+](=O)[O-])o1. The minimum absolute atomic E-state index is 0.160. The van der Waals surface area contributed by atoms with Crippen LogP contribution in [-0.4, -0.2) is 23.9 Å². The third kappa shape index (κ3) is 4.03. The van der Waals surface area contributed by atoms with Gasteiger partial charge in [-0.15, -0.1) is 0 Å². The van der Waals surface area contributed by atoms with Crippen molar-refractivity contribution in [3.63, 3.8) is 0 Å². The molecule has 0 aliphatic rings. The molecular weight excluding hydrogens is 304 g/mol. The van der Waals surface area contributed by atoms with E-state index in [4.69, 9.17) is 4.42 Å². The molecule has 2 rings (SSSR count). The van der Waals surface area contributed by atoms with Gasteiger partial charge >= 0.3 is 11.9 Å². The number of nitro groups is 1. The number of benzene rings is 1. The van der Waals surface area contributed by atoms with Crippen molar-refractivity contribution in [2.24, 2.45) is 0 Å². The number of ether oxygens (including phenoxy) is 1. The Labute approximate surface area is 130 Å². The first-order chi connectivity index (χ1) is 11.0. The lowest BCUT2D eigenvalue weighted by atomic mass is 10.2. The summed E-state index contributed by atoms with van der Waals surface area (Å²) in [5.41, 5.74) is 0.504. The Bertz CT molecular complexity index is 778. The molecule has 8 heteroatoms. The third-order valence-electron chi connectivity index (χ3n) is 2.78. The molecule has 2 aromatic rings.